The second kappa shape index (κ2) is 5.87. The summed E-state index contributed by atoms with van der Waals surface area (Å²) in [5, 5.41) is 9.01. The summed E-state index contributed by atoms with van der Waals surface area (Å²) in [5.74, 6) is 0. The average molecular weight is 253 g/mol. The molecule has 3 aliphatic rings. The average Bonchev–Trinajstić information content (AvgIpc) is 2.69. The van der Waals surface area contributed by atoms with Crippen molar-refractivity contribution < 1.29 is 4.74 Å². The minimum Gasteiger partial charge on any atom is -0.379 e. The van der Waals surface area contributed by atoms with E-state index in [0.717, 1.165) is 44.4 Å². The molecule has 0 spiro atoms. The standard InChI is InChI=1S/C14H27N3O/c1-2-5-15-12-10-13-3-4-14(11-12)17(13)16-6-8-18-9-7-16/h12-15H,2-11H2,1H3. The maximum absolute atomic E-state index is 5.47. The van der Waals surface area contributed by atoms with Crippen LogP contribution in [0.4, 0.5) is 0 Å². The fraction of sp³-hybridized carbons (Fsp3) is 1.00. The van der Waals surface area contributed by atoms with Crippen LogP contribution in [0.3, 0.4) is 0 Å². The molecule has 0 aliphatic carbocycles. The van der Waals surface area contributed by atoms with Gasteiger partial charge in [-0.15, -0.1) is 0 Å². The first-order valence-electron chi connectivity index (χ1n) is 7.73. The van der Waals surface area contributed by atoms with E-state index in [0.29, 0.717) is 0 Å². The Hall–Kier alpha value is -0.160. The van der Waals surface area contributed by atoms with Crippen molar-refractivity contribution in [3.8, 4) is 0 Å². The Balaban J connectivity index is 1.58. The minimum absolute atomic E-state index is 0.764. The molecule has 0 radical (unpaired) electrons. The highest BCUT2D eigenvalue weighted by atomic mass is 16.5. The van der Waals surface area contributed by atoms with Crippen LogP contribution in [0.25, 0.3) is 0 Å². The maximum atomic E-state index is 5.47. The van der Waals surface area contributed by atoms with E-state index in [9.17, 15) is 0 Å². The van der Waals surface area contributed by atoms with E-state index in [4.69, 9.17) is 4.74 Å². The van der Waals surface area contributed by atoms with Gasteiger partial charge < -0.3 is 10.1 Å². The quantitative estimate of drug-likeness (QED) is 0.815. The molecule has 18 heavy (non-hydrogen) atoms. The molecule has 3 heterocycles. The fourth-order valence-corrected chi connectivity index (χ4v) is 3.91. The number of hydrazine groups is 1. The maximum Gasteiger partial charge on any atom is 0.0608 e. The molecule has 0 aromatic rings. The van der Waals surface area contributed by atoms with E-state index < -0.39 is 0 Å². The molecule has 4 heteroatoms. The Morgan fingerprint density at radius 1 is 1.11 bits per heavy atom. The van der Waals surface area contributed by atoms with Crippen LogP contribution in [0.1, 0.15) is 39.0 Å². The van der Waals surface area contributed by atoms with Crippen LogP contribution in [0.5, 0.6) is 0 Å². The SMILES string of the molecule is CCCNC1CC2CCC(C1)N2N1CCOCC1. The zero-order chi connectivity index (χ0) is 12.4. The summed E-state index contributed by atoms with van der Waals surface area (Å²) < 4.78 is 5.47. The van der Waals surface area contributed by atoms with E-state index in [-0.39, 0.29) is 0 Å². The van der Waals surface area contributed by atoms with Gasteiger partial charge >= 0.3 is 0 Å². The predicted molar refractivity (Wildman–Crippen MR) is 72.4 cm³/mol. The van der Waals surface area contributed by atoms with Gasteiger partial charge in [0.25, 0.3) is 0 Å². The van der Waals surface area contributed by atoms with E-state index >= 15 is 0 Å². The van der Waals surface area contributed by atoms with Crippen molar-refractivity contribution >= 4 is 0 Å². The minimum atomic E-state index is 0.764. The van der Waals surface area contributed by atoms with Gasteiger partial charge in [0.1, 0.15) is 0 Å². The van der Waals surface area contributed by atoms with Crippen LogP contribution in [0, 0.1) is 0 Å². The van der Waals surface area contributed by atoms with Crippen molar-refractivity contribution in [1.82, 2.24) is 15.3 Å². The van der Waals surface area contributed by atoms with Crippen LogP contribution < -0.4 is 5.32 Å². The Labute approximate surface area is 111 Å². The third kappa shape index (κ3) is 2.57. The fourth-order valence-electron chi connectivity index (χ4n) is 3.91. The molecule has 3 aliphatic heterocycles. The summed E-state index contributed by atoms with van der Waals surface area (Å²) in [4.78, 5) is 0. The van der Waals surface area contributed by atoms with Gasteiger partial charge in [0, 0.05) is 31.2 Å². The Morgan fingerprint density at radius 2 is 1.78 bits per heavy atom. The van der Waals surface area contributed by atoms with Gasteiger partial charge in [-0.2, -0.15) is 0 Å². The summed E-state index contributed by atoms with van der Waals surface area (Å²) in [5.41, 5.74) is 0. The lowest BCUT2D eigenvalue weighted by atomic mass is 9.98. The molecule has 2 unspecified atom stereocenters. The van der Waals surface area contributed by atoms with Crippen LogP contribution in [0.2, 0.25) is 0 Å². The summed E-state index contributed by atoms with van der Waals surface area (Å²) in [6.07, 6.45) is 6.72. The van der Waals surface area contributed by atoms with Crippen LogP contribution in [-0.4, -0.2) is 61.0 Å². The molecule has 0 amide bonds. The van der Waals surface area contributed by atoms with Crippen molar-refractivity contribution in [2.45, 2.75) is 57.2 Å². The molecule has 2 bridgehead atoms. The highest BCUT2D eigenvalue weighted by molar-refractivity contribution is 4.96. The molecule has 0 saturated carbocycles. The van der Waals surface area contributed by atoms with E-state index in [2.05, 4.69) is 22.3 Å². The second-order valence-electron chi connectivity index (χ2n) is 5.95. The number of piperidine rings is 1. The van der Waals surface area contributed by atoms with Gasteiger partial charge in [0.2, 0.25) is 0 Å². The third-order valence-corrected chi connectivity index (χ3v) is 4.69. The van der Waals surface area contributed by atoms with Gasteiger partial charge in [-0.05, 0) is 38.6 Å². The van der Waals surface area contributed by atoms with Crippen molar-refractivity contribution in [3.05, 3.63) is 0 Å². The molecular formula is C14H27N3O. The molecule has 0 aromatic heterocycles. The molecule has 104 valence electrons. The number of fused-ring (bicyclic) bond motifs is 2. The van der Waals surface area contributed by atoms with E-state index in [1.54, 1.807) is 0 Å². The highest BCUT2D eigenvalue weighted by Gasteiger charge is 2.43. The number of rotatable bonds is 4. The molecule has 3 rings (SSSR count). The first kappa shape index (κ1) is 12.9. The molecule has 4 nitrogen and oxygen atoms in total. The number of hydrogen-bond acceptors (Lipinski definition) is 4. The van der Waals surface area contributed by atoms with Gasteiger partial charge in [0.15, 0.2) is 0 Å². The molecular weight excluding hydrogens is 226 g/mol. The van der Waals surface area contributed by atoms with Crippen LogP contribution >= 0.6 is 0 Å². The van der Waals surface area contributed by atoms with Crippen molar-refractivity contribution in [2.75, 3.05) is 32.8 Å². The Bertz CT molecular complexity index is 254. The monoisotopic (exact) mass is 253 g/mol. The summed E-state index contributed by atoms with van der Waals surface area (Å²) >= 11 is 0. The molecule has 3 saturated heterocycles. The topological polar surface area (TPSA) is 27.7 Å². The lowest BCUT2D eigenvalue weighted by molar-refractivity contribution is -0.133. The molecule has 2 atom stereocenters. The summed E-state index contributed by atoms with van der Waals surface area (Å²) in [6, 6.07) is 2.34. The summed E-state index contributed by atoms with van der Waals surface area (Å²) in [6.45, 7) is 7.45. The van der Waals surface area contributed by atoms with Gasteiger partial charge in [-0.25, -0.2) is 10.0 Å². The van der Waals surface area contributed by atoms with Gasteiger partial charge in [-0.1, -0.05) is 6.92 Å². The normalized spacial score (nSPS) is 38.2. The number of nitrogens with zero attached hydrogens (tertiary/aromatic N) is 2. The number of ether oxygens (including phenoxy) is 1. The molecule has 0 aromatic carbocycles. The number of hydrogen-bond donors (Lipinski definition) is 1. The number of nitrogens with one attached hydrogen (secondary N) is 1. The van der Waals surface area contributed by atoms with Gasteiger partial charge in [-0.3, -0.25) is 0 Å². The van der Waals surface area contributed by atoms with E-state index in [1.807, 2.05) is 0 Å². The predicted octanol–water partition coefficient (Wildman–Crippen LogP) is 1.23. The first-order valence-corrected chi connectivity index (χ1v) is 7.73. The zero-order valence-corrected chi connectivity index (χ0v) is 11.6. The lowest BCUT2D eigenvalue weighted by Gasteiger charge is -2.46. The molecule has 1 N–H and O–H groups in total. The Morgan fingerprint density at radius 3 is 2.39 bits per heavy atom. The number of morpholine rings is 1. The van der Waals surface area contributed by atoms with Crippen LogP contribution in [-0.2, 0) is 4.74 Å². The van der Waals surface area contributed by atoms with Gasteiger partial charge in [0.05, 0.1) is 13.2 Å². The summed E-state index contributed by atoms with van der Waals surface area (Å²) in [7, 11) is 0. The highest BCUT2D eigenvalue weighted by Crippen LogP contribution is 2.37. The van der Waals surface area contributed by atoms with Crippen molar-refractivity contribution in [1.29, 1.82) is 0 Å². The smallest absolute Gasteiger partial charge is 0.0608 e. The first-order chi connectivity index (χ1) is 8.88. The van der Waals surface area contributed by atoms with Crippen molar-refractivity contribution in [2.24, 2.45) is 0 Å². The second-order valence-corrected chi connectivity index (χ2v) is 5.95. The molecule has 3 fully saturated rings. The lowest BCUT2D eigenvalue weighted by Crippen LogP contribution is -2.58. The van der Waals surface area contributed by atoms with E-state index in [1.165, 1.54) is 38.6 Å². The Kier molecular flexibility index (Phi) is 4.19. The van der Waals surface area contributed by atoms with Crippen LogP contribution in [0.15, 0.2) is 0 Å². The third-order valence-electron chi connectivity index (χ3n) is 4.69. The van der Waals surface area contributed by atoms with Crippen molar-refractivity contribution in [3.63, 3.8) is 0 Å². The largest absolute Gasteiger partial charge is 0.379 e. The zero-order valence-electron chi connectivity index (χ0n) is 11.6.